The molecule has 112 valence electrons. The average molecular weight is 280 g/mol. The molecule has 20 heavy (non-hydrogen) atoms. The fourth-order valence-electron chi connectivity index (χ4n) is 1.20. The Labute approximate surface area is 121 Å². The van der Waals surface area contributed by atoms with E-state index in [4.69, 9.17) is 9.47 Å². The van der Waals surface area contributed by atoms with Gasteiger partial charge < -0.3 is 9.47 Å². The van der Waals surface area contributed by atoms with Crippen LogP contribution in [0, 0.1) is 5.92 Å². The van der Waals surface area contributed by atoms with Crippen molar-refractivity contribution in [1.82, 2.24) is 0 Å². The van der Waals surface area contributed by atoms with Gasteiger partial charge in [0.2, 0.25) is 0 Å². The minimum atomic E-state index is -0.242. The van der Waals surface area contributed by atoms with Crippen LogP contribution in [0.1, 0.15) is 39.7 Å². The standard InChI is InChI=1S/C9H10O2.C7H14O2/c1-8(10)11-7-9-5-3-2-4-6-9;1-6(2)4-5-9-7(3)8/h2-6H,7H2,1H3;6H,4-5H2,1-3H3. The summed E-state index contributed by atoms with van der Waals surface area (Å²) in [6.07, 6.45) is 0.958. The normalized spacial score (nSPS) is 9.45. The van der Waals surface area contributed by atoms with E-state index in [9.17, 15) is 9.59 Å². The lowest BCUT2D eigenvalue weighted by molar-refractivity contribution is -0.142. The first-order chi connectivity index (χ1) is 9.41. The molecule has 0 saturated carbocycles. The zero-order valence-electron chi connectivity index (χ0n) is 12.7. The van der Waals surface area contributed by atoms with Crippen molar-refractivity contribution in [2.24, 2.45) is 5.92 Å². The first-order valence-corrected chi connectivity index (χ1v) is 6.72. The molecule has 0 unspecified atom stereocenters. The smallest absolute Gasteiger partial charge is 0.302 e. The topological polar surface area (TPSA) is 52.6 Å². The van der Waals surface area contributed by atoms with E-state index in [1.54, 1.807) is 0 Å². The molecular formula is C16H24O4. The van der Waals surface area contributed by atoms with Gasteiger partial charge in [0.15, 0.2) is 0 Å². The third-order valence-electron chi connectivity index (χ3n) is 2.29. The Hall–Kier alpha value is -1.84. The molecule has 0 radical (unpaired) electrons. The predicted molar refractivity (Wildman–Crippen MR) is 78.0 cm³/mol. The molecule has 0 bridgehead atoms. The van der Waals surface area contributed by atoms with Gasteiger partial charge in [-0.3, -0.25) is 9.59 Å². The third-order valence-corrected chi connectivity index (χ3v) is 2.29. The van der Waals surface area contributed by atoms with E-state index in [0.717, 1.165) is 12.0 Å². The molecule has 0 aromatic heterocycles. The van der Waals surface area contributed by atoms with E-state index in [1.165, 1.54) is 13.8 Å². The van der Waals surface area contributed by atoms with Crippen LogP contribution in [0.25, 0.3) is 0 Å². The van der Waals surface area contributed by atoms with Crippen LogP contribution < -0.4 is 0 Å². The summed E-state index contributed by atoms with van der Waals surface area (Å²) in [4.78, 5) is 20.6. The molecule has 4 nitrogen and oxygen atoms in total. The van der Waals surface area contributed by atoms with Crippen molar-refractivity contribution in [3.8, 4) is 0 Å². The average Bonchev–Trinajstić information content (AvgIpc) is 2.37. The molecule has 0 atom stereocenters. The Morgan fingerprint density at radius 2 is 1.55 bits per heavy atom. The fraction of sp³-hybridized carbons (Fsp3) is 0.500. The van der Waals surface area contributed by atoms with Crippen molar-refractivity contribution in [2.45, 2.75) is 40.7 Å². The Morgan fingerprint density at radius 3 is 2.00 bits per heavy atom. The number of benzene rings is 1. The second-order valence-electron chi connectivity index (χ2n) is 4.79. The SMILES string of the molecule is CC(=O)OCCC(C)C.CC(=O)OCc1ccccc1. The van der Waals surface area contributed by atoms with Crippen LogP contribution in [0.15, 0.2) is 30.3 Å². The molecule has 0 aliphatic rings. The number of rotatable bonds is 5. The van der Waals surface area contributed by atoms with Crippen molar-refractivity contribution in [1.29, 1.82) is 0 Å². The van der Waals surface area contributed by atoms with E-state index in [0.29, 0.717) is 19.1 Å². The molecule has 0 fully saturated rings. The predicted octanol–water partition coefficient (Wildman–Crippen LogP) is 3.35. The molecule has 4 heteroatoms. The maximum Gasteiger partial charge on any atom is 0.302 e. The molecule has 0 amide bonds. The zero-order chi connectivity index (χ0) is 15.4. The van der Waals surface area contributed by atoms with Crippen LogP contribution in [0.3, 0.4) is 0 Å². The first-order valence-electron chi connectivity index (χ1n) is 6.72. The molecule has 0 N–H and O–H groups in total. The highest BCUT2D eigenvalue weighted by Gasteiger charge is 1.95. The number of hydrogen-bond donors (Lipinski definition) is 0. The summed E-state index contributed by atoms with van der Waals surface area (Å²) >= 11 is 0. The van der Waals surface area contributed by atoms with Gasteiger partial charge in [0.05, 0.1) is 6.61 Å². The molecule has 0 saturated heterocycles. The van der Waals surface area contributed by atoms with Gasteiger partial charge in [-0.25, -0.2) is 0 Å². The van der Waals surface area contributed by atoms with Crippen molar-refractivity contribution in [3.63, 3.8) is 0 Å². The molecule has 1 aromatic rings. The molecule has 0 aliphatic heterocycles. The zero-order valence-corrected chi connectivity index (χ0v) is 12.7. The fourth-order valence-corrected chi connectivity index (χ4v) is 1.20. The van der Waals surface area contributed by atoms with Gasteiger partial charge in [-0.2, -0.15) is 0 Å². The second kappa shape index (κ2) is 11.0. The summed E-state index contributed by atoms with van der Waals surface area (Å²) in [7, 11) is 0. The van der Waals surface area contributed by atoms with Gasteiger partial charge in [0, 0.05) is 13.8 Å². The van der Waals surface area contributed by atoms with Gasteiger partial charge in [-0.05, 0) is 17.9 Å². The number of carbonyl (C=O) groups is 2. The minimum absolute atomic E-state index is 0.185. The quantitative estimate of drug-likeness (QED) is 0.776. The Bertz CT molecular complexity index is 385. The van der Waals surface area contributed by atoms with E-state index in [1.807, 2.05) is 30.3 Å². The summed E-state index contributed by atoms with van der Waals surface area (Å²) in [5.74, 6) is 0.189. The lowest BCUT2D eigenvalue weighted by atomic mass is 10.1. The molecule has 0 heterocycles. The maximum absolute atomic E-state index is 10.4. The van der Waals surface area contributed by atoms with Crippen molar-refractivity contribution in [2.75, 3.05) is 6.61 Å². The van der Waals surface area contributed by atoms with Crippen molar-refractivity contribution < 1.29 is 19.1 Å². The van der Waals surface area contributed by atoms with Gasteiger partial charge in [0.25, 0.3) is 0 Å². The Morgan fingerprint density at radius 1 is 1.00 bits per heavy atom. The highest BCUT2D eigenvalue weighted by Crippen LogP contribution is 2.00. The summed E-state index contributed by atoms with van der Waals surface area (Å²) in [5.41, 5.74) is 1.02. The van der Waals surface area contributed by atoms with Crippen LogP contribution >= 0.6 is 0 Å². The van der Waals surface area contributed by atoms with E-state index in [-0.39, 0.29) is 11.9 Å². The van der Waals surface area contributed by atoms with Crippen LogP contribution in [0.4, 0.5) is 0 Å². The maximum atomic E-state index is 10.4. The van der Waals surface area contributed by atoms with Crippen LogP contribution in [0.2, 0.25) is 0 Å². The van der Waals surface area contributed by atoms with E-state index < -0.39 is 0 Å². The molecule has 1 rings (SSSR count). The van der Waals surface area contributed by atoms with Crippen LogP contribution in [-0.4, -0.2) is 18.5 Å². The van der Waals surface area contributed by atoms with Gasteiger partial charge >= 0.3 is 11.9 Å². The molecule has 1 aromatic carbocycles. The van der Waals surface area contributed by atoms with E-state index >= 15 is 0 Å². The monoisotopic (exact) mass is 280 g/mol. The molecule has 0 aliphatic carbocycles. The van der Waals surface area contributed by atoms with Crippen molar-refractivity contribution in [3.05, 3.63) is 35.9 Å². The van der Waals surface area contributed by atoms with E-state index in [2.05, 4.69) is 13.8 Å². The molecular weight excluding hydrogens is 256 g/mol. The van der Waals surface area contributed by atoms with Crippen LogP contribution in [0.5, 0.6) is 0 Å². The highest BCUT2D eigenvalue weighted by atomic mass is 16.5. The van der Waals surface area contributed by atoms with Gasteiger partial charge in [-0.15, -0.1) is 0 Å². The molecule has 0 spiro atoms. The third kappa shape index (κ3) is 12.6. The summed E-state index contributed by atoms with van der Waals surface area (Å²) in [6.45, 7) is 7.97. The minimum Gasteiger partial charge on any atom is -0.466 e. The summed E-state index contributed by atoms with van der Waals surface area (Å²) < 4.78 is 9.50. The highest BCUT2D eigenvalue weighted by molar-refractivity contribution is 5.66. The number of esters is 2. The van der Waals surface area contributed by atoms with Gasteiger partial charge in [-0.1, -0.05) is 44.2 Å². The second-order valence-corrected chi connectivity index (χ2v) is 4.79. The van der Waals surface area contributed by atoms with Crippen molar-refractivity contribution >= 4 is 11.9 Å². The lowest BCUT2D eigenvalue weighted by Crippen LogP contribution is -2.02. The number of carbonyl (C=O) groups excluding carboxylic acids is 2. The lowest BCUT2D eigenvalue weighted by Gasteiger charge is -2.02. The summed E-state index contributed by atoms with van der Waals surface area (Å²) in [6, 6.07) is 9.60. The van der Waals surface area contributed by atoms with Crippen LogP contribution in [-0.2, 0) is 25.7 Å². The Kier molecular flexibility index (Phi) is 10.0. The Balaban J connectivity index is 0.000000370. The largest absolute Gasteiger partial charge is 0.466 e. The summed E-state index contributed by atoms with van der Waals surface area (Å²) in [5, 5.41) is 0. The first kappa shape index (κ1) is 18.2. The number of hydrogen-bond acceptors (Lipinski definition) is 4. The van der Waals surface area contributed by atoms with Gasteiger partial charge in [0.1, 0.15) is 6.61 Å². The number of ether oxygens (including phenoxy) is 2.